The molecule has 0 aliphatic carbocycles. The SMILES string of the molecule is CC(C)[C@@H](C(=O)OCC(=O)NC(N)=O)c1ccc(Cl)cc1. The van der Waals surface area contributed by atoms with Crippen molar-refractivity contribution >= 4 is 29.5 Å². The quantitative estimate of drug-likeness (QED) is 0.810. The summed E-state index contributed by atoms with van der Waals surface area (Å²) in [6, 6.07) is 5.84. The number of halogens is 1. The number of urea groups is 1. The fourth-order valence-electron chi connectivity index (χ4n) is 1.86. The lowest BCUT2D eigenvalue weighted by atomic mass is 9.88. The first-order valence-electron chi connectivity index (χ1n) is 6.32. The Kier molecular flexibility index (Phi) is 6.17. The minimum atomic E-state index is -0.992. The van der Waals surface area contributed by atoms with E-state index >= 15 is 0 Å². The molecule has 0 bridgehead atoms. The maximum atomic E-state index is 12.1. The second-order valence-electron chi connectivity index (χ2n) is 4.79. The van der Waals surface area contributed by atoms with Crippen LogP contribution in [0.2, 0.25) is 5.02 Å². The molecule has 0 spiro atoms. The van der Waals surface area contributed by atoms with Crippen LogP contribution in [0.1, 0.15) is 25.3 Å². The zero-order chi connectivity index (χ0) is 16.0. The van der Waals surface area contributed by atoms with Gasteiger partial charge in [-0.1, -0.05) is 37.6 Å². The van der Waals surface area contributed by atoms with Crippen molar-refractivity contribution in [3.8, 4) is 0 Å². The largest absolute Gasteiger partial charge is 0.455 e. The number of amides is 3. The first kappa shape index (κ1) is 17.0. The van der Waals surface area contributed by atoms with Crippen LogP contribution in [0.3, 0.4) is 0 Å². The lowest BCUT2D eigenvalue weighted by Gasteiger charge is -2.19. The number of benzene rings is 1. The summed E-state index contributed by atoms with van der Waals surface area (Å²) in [6.45, 7) is 3.17. The molecule has 0 saturated carbocycles. The molecule has 3 N–H and O–H groups in total. The molecule has 21 heavy (non-hydrogen) atoms. The van der Waals surface area contributed by atoms with Gasteiger partial charge in [-0.25, -0.2) is 4.79 Å². The van der Waals surface area contributed by atoms with E-state index in [4.69, 9.17) is 22.1 Å². The van der Waals surface area contributed by atoms with E-state index in [1.54, 1.807) is 24.3 Å². The molecule has 0 aromatic heterocycles. The van der Waals surface area contributed by atoms with E-state index in [2.05, 4.69) is 0 Å². The molecule has 1 atom stereocenters. The Balaban J connectivity index is 2.73. The van der Waals surface area contributed by atoms with E-state index in [0.29, 0.717) is 5.02 Å². The number of carbonyl (C=O) groups is 3. The van der Waals surface area contributed by atoms with E-state index in [1.807, 2.05) is 19.2 Å². The molecular weight excluding hydrogens is 296 g/mol. The molecule has 0 heterocycles. The summed E-state index contributed by atoms with van der Waals surface area (Å²) in [5.74, 6) is -1.87. The van der Waals surface area contributed by atoms with Crippen LogP contribution >= 0.6 is 11.6 Å². The third kappa shape index (κ3) is 5.43. The van der Waals surface area contributed by atoms with Crippen LogP contribution in [-0.2, 0) is 14.3 Å². The molecule has 0 aliphatic heterocycles. The lowest BCUT2D eigenvalue weighted by Crippen LogP contribution is -2.38. The monoisotopic (exact) mass is 312 g/mol. The van der Waals surface area contributed by atoms with Gasteiger partial charge in [0.2, 0.25) is 0 Å². The van der Waals surface area contributed by atoms with Crippen LogP contribution in [0.4, 0.5) is 4.79 Å². The summed E-state index contributed by atoms with van der Waals surface area (Å²) in [7, 11) is 0. The third-order valence-electron chi connectivity index (χ3n) is 2.76. The predicted molar refractivity (Wildman–Crippen MR) is 77.7 cm³/mol. The number of carbonyl (C=O) groups excluding carboxylic acids is 3. The number of nitrogens with two attached hydrogens (primary N) is 1. The predicted octanol–water partition coefficient (Wildman–Crippen LogP) is 1.82. The number of nitrogens with one attached hydrogen (secondary N) is 1. The molecule has 1 aromatic rings. The Hall–Kier alpha value is -2.08. The van der Waals surface area contributed by atoms with Crippen molar-refractivity contribution in [1.82, 2.24) is 5.32 Å². The number of primary amides is 1. The summed E-state index contributed by atoms with van der Waals surface area (Å²) in [5, 5.41) is 2.38. The zero-order valence-electron chi connectivity index (χ0n) is 11.8. The Labute approximate surface area is 127 Å². The van der Waals surface area contributed by atoms with Crippen LogP contribution in [0, 0.1) is 5.92 Å². The summed E-state index contributed by atoms with van der Waals surface area (Å²) >= 11 is 5.81. The maximum absolute atomic E-state index is 12.1. The normalized spacial score (nSPS) is 11.8. The van der Waals surface area contributed by atoms with Gasteiger partial charge in [-0.3, -0.25) is 14.9 Å². The van der Waals surface area contributed by atoms with Crippen LogP contribution in [0.5, 0.6) is 0 Å². The van der Waals surface area contributed by atoms with Crippen molar-refractivity contribution in [2.75, 3.05) is 6.61 Å². The van der Waals surface area contributed by atoms with Gasteiger partial charge in [-0.15, -0.1) is 0 Å². The number of esters is 1. The Morgan fingerprint density at radius 2 is 1.81 bits per heavy atom. The van der Waals surface area contributed by atoms with Gasteiger partial charge in [0.05, 0.1) is 5.92 Å². The minimum absolute atomic E-state index is 0.0297. The lowest BCUT2D eigenvalue weighted by molar-refractivity contribution is -0.150. The van der Waals surface area contributed by atoms with Gasteiger partial charge in [-0.2, -0.15) is 0 Å². The summed E-state index contributed by atoms with van der Waals surface area (Å²) in [5.41, 5.74) is 5.53. The smallest absolute Gasteiger partial charge is 0.318 e. The number of imide groups is 1. The van der Waals surface area contributed by atoms with Crippen molar-refractivity contribution in [2.24, 2.45) is 11.7 Å². The van der Waals surface area contributed by atoms with Gasteiger partial charge in [0, 0.05) is 5.02 Å². The van der Waals surface area contributed by atoms with Crippen molar-refractivity contribution in [1.29, 1.82) is 0 Å². The topological polar surface area (TPSA) is 98.5 Å². The Morgan fingerprint density at radius 1 is 1.24 bits per heavy atom. The second kappa shape index (κ2) is 7.64. The van der Waals surface area contributed by atoms with E-state index in [9.17, 15) is 14.4 Å². The standard InChI is InChI=1S/C14H17ClN2O4/c1-8(2)12(9-3-5-10(15)6-4-9)13(19)21-7-11(18)17-14(16)20/h3-6,8,12H,7H2,1-2H3,(H3,16,17,18,20)/t12-/m1/s1. The maximum Gasteiger partial charge on any atom is 0.318 e. The highest BCUT2D eigenvalue weighted by atomic mass is 35.5. The average Bonchev–Trinajstić information content (AvgIpc) is 2.38. The molecule has 6 nitrogen and oxygen atoms in total. The second-order valence-corrected chi connectivity index (χ2v) is 5.23. The zero-order valence-corrected chi connectivity index (χ0v) is 12.5. The summed E-state index contributed by atoms with van der Waals surface area (Å²) in [6.07, 6.45) is 0. The molecule has 114 valence electrons. The van der Waals surface area contributed by atoms with Crippen LogP contribution in [-0.4, -0.2) is 24.5 Å². The molecular formula is C14H17ClN2O4. The van der Waals surface area contributed by atoms with Gasteiger partial charge in [0.15, 0.2) is 6.61 Å². The molecule has 0 aliphatic rings. The fraction of sp³-hybridized carbons (Fsp3) is 0.357. The van der Waals surface area contributed by atoms with Gasteiger partial charge in [0.1, 0.15) is 0 Å². The minimum Gasteiger partial charge on any atom is -0.455 e. The van der Waals surface area contributed by atoms with Gasteiger partial charge in [-0.05, 0) is 23.6 Å². The molecule has 7 heteroatoms. The number of ether oxygens (including phenoxy) is 1. The van der Waals surface area contributed by atoms with E-state index < -0.39 is 30.4 Å². The highest BCUT2D eigenvalue weighted by molar-refractivity contribution is 6.30. The molecule has 1 rings (SSSR count). The number of rotatable bonds is 5. The van der Waals surface area contributed by atoms with Crippen molar-refractivity contribution in [2.45, 2.75) is 19.8 Å². The van der Waals surface area contributed by atoms with Crippen LogP contribution in [0.25, 0.3) is 0 Å². The van der Waals surface area contributed by atoms with Crippen molar-refractivity contribution in [3.63, 3.8) is 0 Å². The summed E-state index contributed by atoms with van der Waals surface area (Å²) < 4.78 is 4.92. The summed E-state index contributed by atoms with van der Waals surface area (Å²) in [4.78, 5) is 33.8. The van der Waals surface area contributed by atoms with E-state index in [0.717, 1.165) is 5.56 Å². The molecule has 0 unspecified atom stereocenters. The fourth-order valence-corrected chi connectivity index (χ4v) is 1.99. The highest BCUT2D eigenvalue weighted by Crippen LogP contribution is 2.27. The van der Waals surface area contributed by atoms with Crippen LogP contribution < -0.4 is 11.1 Å². The molecule has 1 aromatic carbocycles. The van der Waals surface area contributed by atoms with Gasteiger partial charge >= 0.3 is 12.0 Å². The van der Waals surface area contributed by atoms with E-state index in [-0.39, 0.29) is 5.92 Å². The Bertz CT molecular complexity index is 528. The number of hydrogen-bond donors (Lipinski definition) is 2. The molecule has 3 amide bonds. The van der Waals surface area contributed by atoms with E-state index in [1.165, 1.54) is 0 Å². The number of hydrogen-bond acceptors (Lipinski definition) is 4. The molecule has 0 radical (unpaired) electrons. The molecule has 0 fully saturated rings. The van der Waals surface area contributed by atoms with Crippen molar-refractivity contribution in [3.05, 3.63) is 34.9 Å². The average molecular weight is 313 g/mol. The van der Waals surface area contributed by atoms with Crippen molar-refractivity contribution < 1.29 is 19.1 Å². The highest BCUT2D eigenvalue weighted by Gasteiger charge is 2.26. The molecule has 0 saturated heterocycles. The van der Waals surface area contributed by atoms with Crippen LogP contribution in [0.15, 0.2) is 24.3 Å². The first-order chi connectivity index (χ1) is 9.81. The third-order valence-corrected chi connectivity index (χ3v) is 3.01. The van der Waals surface area contributed by atoms with Gasteiger partial charge < -0.3 is 10.5 Å². The first-order valence-corrected chi connectivity index (χ1v) is 6.70. The Morgan fingerprint density at radius 3 is 2.29 bits per heavy atom. The van der Waals surface area contributed by atoms with Gasteiger partial charge in [0.25, 0.3) is 5.91 Å².